The van der Waals surface area contributed by atoms with Crippen molar-refractivity contribution < 1.29 is 0 Å². The molecule has 114 valence electrons. The molecule has 0 saturated carbocycles. The van der Waals surface area contributed by atoms with Crippen LogP contribution in [0.4, 0.5) is 17.1 Å². The average molecular weight is 308 g/mol. The number of hydrogen-bond acceptors (Lipinski definition) is 2. The van der Waals surface area contributed by atoms with Crippen LogP contribution < -0.4 is 11.1 Å². The second-order valence-electron chi connectivity index (χ2n) is 6.15. The number of nitrogens with two attached hydrogens (primary N) is 1. The van der Waals surface area contributed by atoms with Crippen molar-refractivity contribution in [3.05, 3.63) is 78.9 Å². The molecule has 0 saturated heterocycles. The molecule has 4 aromatic carbocycles. The Bertz CT molecular complexity index is 1070. The summed E-state index contributed by atoms with van der Waals surface area (Å²) < 4.78 is 0. The highest BCUT2D eigenvalue weighted by atomic mass is 14.9. The molecule has 1 aliphatic carbocycles. The van der Waals surface area contributed by atoms with Crippen molar-refractivity contribution in [2.75, 3.05) is 11.1 Å². The maximum Gasteiger partial charge on any atom is 0.0618 e. The molecule has 0 heterocycles. The zero-order valence-electron chi connectivity index (χ0n) is 13.1. The summed E-state index contributed by atoms with van der Waals surface area (Å²) in [4.78, 5) is 0. The van der Waals surface area contributed by atoms with E-state index in [1.54, 1.807) is 0 Å². The van der Waals surface area contributed by atoms with Crippen LogP contribution in [0.5, 0.6) is 0 Å². The molecule has 0 atom stereocenters. The third kappa shape index (κ3) is 1.77. The summed E-state index contributed by atoms with van der Waals surface area (Å²) in [6, 6.07) is 27.3. The molecule has 2 nitrogen and oxygen atoms in total. The van der Waals surface area contributed by atoms with E-state index in [0.717, 1.165) is 17.1 Å². The quantitative estimate of drug-likeness (QED) is 0.404. The first-order chi connectivity index (χ1) is 11.8. The molecule has 0 amide bonds. The lowest BCUT2D eigenvalue weighted by Gasteiger charge is -2.13. The molecule has 0 radical (unpaired) electrons. The SMILES string of the molecule is Nc1ccccc1Nc1ccc2c3c(cccc13)-c1ccccc1-2. The largest absolute Gasteiger partial charge is 0.397 e. The lowest BCUT2D eigenvalue weighted by Crippen LogP contribution is -1.96. The van der Waals surface area contributed by atoms with Crippen LogP contribution in [-0.4, -0.2) is 0 Å². The Morgan fingerprint density at radius 3 is 2.00 bits per heavy atom. The molecule has 0 fully saturated rings. The van der Waals surface area contributed by atoms with Crippen molar-refractivity contribution in [2.24, 2.45) is 0 Å². The van der Waals surface area contributed by atoms with Gasteiger partial charge in [0.05, 0.1) is 11.4 Å². The number of nitrogen functional groups attached to an aromatic ring is 1. The van der Waals surface area contributed by atoms with Gasteiger partial charge in [0, 0.05) is 11.1 Å². The number of rotatable bonds is 2. The molecule has 1 aliphatic rings. The van der Waals surface area contributed by atoms with Gasteiger partial charge in [0.2, 0.25) is 0 Å². The van der Waals surface area contributed by atoms with Crippen LogP contribution in [0.3, 0.4) is 0 Å². The Balaban J connectivity index is 1.75. The van der Waals surface area contributed by atoms with Gasteiger partial charge in [0.25, 0.3) is 0 Å². The highest BCUT2D eigenvalue weighted by Crippen LogP contribution is 2.48. The van der Waals surface area contributed by atoms with Crippen LogP contribution in [0.1, 0.15) is 0 Å². The smallest absolute Gasteiger partial charge is 0.0618 e. The summed E-state index contributed by atoms with van der Waals surface area (Å²) in [5.74, 6) is 0. The normalized spacial score (nSPS) is 11.5. The van der Waals surface area contributed by atoms with Crippen LogP contribution in [0.15, 0.2) is 78.9 Å². The fourth-order valence-electron chi connectivity index (χ4n) is 3.67. The van der Waals surface area contributed by atoms with Gasteiger partial charge in [-0.15, -0.1) is 0 Å². The molecule has 0 bridgehead atoms. The monoisotopic (exact) mass is 308 g/mol. The summed E-state index contributed by atoms with van der Waals surface area (Å²) in [7, 11) is 0. The average Bonchev–Trinajstić information content (AvgIpc) is 2.95. The fourth-order valence-corrected chi connectivity index (χ4v) is 3.67. The molecule has 0 spiro atoms. The van der Waals surface area contributed by atoms with Crippen molar-refractivity contribution in [3.63, 3.8) is 0 Å². The summed E-state index contributed by atoms with van der Waals surface area (Å²) in [5, 5.41) is 6.04. The number of nitrogens with one attached hydrogen (secondary N) is 1. The third-order valence-corrected chi connectivity index (χ3v) is 4.78. The number of anilines is 3. The molecular weight excluding hydrogens is 292 g/mol. The predicted molar refractivity (Wildman–Crippen MR) is 103 cm³/mol. The minimum atomic E-state index is 0.754. The van der Waals surface area contributed by atoms with E-state index in [2.05, 4.69) is 59.9 Å². The van der Waals surface area contributed by atoms with Gasteiger partial charge in [0.15, 0.2) is 0 Å². The van der Waals surface area contributed by atoms with Crippen LogP contribution in [0.2, 0.25) is 0 Å². The van der Waals surface area contributed by atoms with E-state index in [4.69, 9.17) is 5.73 Å². The summed E-state index contributed by atoms with van der Waals surface area (Å²) in [6.45, 7) is 0. The molecule has 24 heavy (non-hydrogen) atoms. The van der Waals surface area contributed by atoms with Gasteiger partial charge in [0.1, 0.15) is 0 Å². The molecule has 0 unspecified atom stereocenters. The van der Waals surface area contributed by atoms with Crippen molar-refractivity contribution in [3.8, 4) is 22.3 Å². The van der Waals surface area contributed by atoms with E-state index in [9.17, 15) is 0 Å². The number of fused-ring (bicyclic) bond motifs is 3. The second-order valence-corrected chi connectivity index (χ2v) is 6.15. The van der Waals surface area contributed by atoms with Crippen molar-refractivity contribution in [1.29, 1.82) is 0 Å². The Morgan fingerprint density at radius 2 is 1.21 bits per heavy atom. The van der Waals surface area contributed by atoms with Crippen molar-refractivity contribution in [1.82, 2.24) is 0 Å². The highest BCUT2D eigenvalue weighted by Gasteiger charge is 2.21. The minimum absolute atomic E-state index is 0.754. The molecular formula is C22H16N2. The first kappa shape index (κ1) is 13.2. The zero-order chi connectivity index (χ0) is 16.1. The van der Waals surface area contributed by atoms with Gasteiger partial charge < -0.3 is 11.1 Å². The number of benzene rings is 4. The van der Waals surface area contributed by atoms with Crippen molar-refractivity contribution in [2.45, 2.75) is 0 Å². The molecule has 0 aromatic heterocycles. The molecule has 3 N–H and O–H groups in total. The topological polar surface area (TPSA) is 38.0 Å². The lowest BCUT2D eigenvalue weighted by molar-refractivity contribution is 1.57. The van der Waals surface area contributed by atoms with Gasteiger partial charge in [-0.1, -0.05) is 60.7 Å². The minimum Gasteiger partial charge on any atom is -0.397 e. The fraction of sp³-hybridized carbons (Fsp3) is 0. The van der Waals surface area contributed by atoms with Gasteiger partial charge in [-0.2, -0.15) is 0 Å². The number of para-hydroxylation sites is 2. The van der Waals surface area contributed by atoms with Crippen LogP contribution in [0, 0.1) is 0 Å². The molecule has 4 aromatic rings. The van der Waals surface area contributed by atoms with Gasteiger partial charge in [-0.25, -0.2) is 0 Å². The Labute approximate surface area is 140 Å². The van der Waals surface area contributed by atoms with E-state index in [-0.39, 0.29) is 0 Å². The van der Waals surface area contributed by atoms with E-state index >= 15 is 0 Å². The second kappa shape index (κ2) is 4.87. The molecule has 0 aliphatic heterocycles. The maximum absolute atomic E-state index is 6.09. The molecule has 5 rings (SSSR count). The maximum atomic E-state index is 6.09. The van der Waals surface area contributed by atoms with Crippen LogP contribution >= 0.6 is 0 Å². The Morgan fingerprint density at radius 1 is 0.542 bits per heavy atom. The highest BCUT2D eigenvalue weighted by molar-refractivity contribution is 6.18. The van der Waals surface area contributed by atoms with E-state index < -0.39 is 0 Å². The van der Waals surface area contributed by atoms with Gasteiger partial charge in [-0.3, -0.25) is 0 Å². The third-order valence-electron chi connectivity index (χ3n) is 4.78. The Hall–Kier alpha value is -3.26. The first-order valence-corrected chi connectivity index (χ1v) is 8.10. The summed E-state index contributed by atoms with van der Waals surface area (Å²) >= 11 is 0. The van der Waals surface area contributed by atoms with Crippen molar-refractivity contribution >= 4 is 27.8 Å². The molecule has 2 heteroatoms. The number of hydrogen-bond donors (Lipinski definition) is 2. The Kier molecular flexibility index (Phi) is 2.68. The first-order valence-electron chi connectivity index (χ1n) is 8.10. The summed E-state index contributed by atoms with van der Waals surface area (Å²) in [6.07, 6.45) is 0. The van der Waals surface area contributed by atoms with Gasteiger partial charge in [-0.05, 0) is 45.8 Å². The van der Waals surface area contributed by atoms with Crippen LogP contribution in [-0.2, 0) is 0 Å². The predicted octanol–water partition coefficient (Wildman–Crippen LogP) is 5.81. The van der Waals surface area contributed by atoms with Crippen LogP contribution in [0.25, 0.3) is 33.0 Å². The zero-order valence-corrected chi connectivity index (χ0v) is 13.1. The van der Waals surface area contributed by atoms with E-state index in [1.165, 1.54) is 33.0 Å². The summed E-state index contributed by atoms with van der Waals surface area (Å²) in [5.41, 5.74) is 14.1. The standard InChI is InChI=1S/C22H16N2/c23-19-10-3-4-11-21(19)24-20-13-12-17-15-7-2-1-6-14(15)16-8-5-9-18(20)22(16)17/h1-13,24H,23H2. The lowest BCUT2D eigenvalue weighted by atomic mass is 10.0. The van der Waals surface area contributed by atoms with E-state index in [1.807, 2.05) is 24.3 Å². The van der Waals surface area contributed by atoms with Gasteiger partial charge >= 0.3 is 0 Å². The van der Waals surface area contributed by atoms with E-state index in [0.29, 0.717) is 0 Å².